The van der Waals surface area contributed by atoms with Crippen molar-refractivity contribution in [2.45, 2.75) is 0 Å². The zero-order valence-electron chi connectivity index (χ0n) is 7.39. The molecule has 0 saturated carbocycles. The van der Waals surface area contributed by atoms with Crippen LogP contribution >= 0.6 is 0 Å². The Labute approximate surface area is 98.3 Å². The molecular weight excluding hydrogens is 303 g/mol. The van der Waals surface area contributed by atoms with Crippen LogP contribution in [0.1, 0.15) is 0 Å². The quantitative estimate of drug-likeness (QED) is 0.232. The second-order valence-corrected chi connectivity index (χ2v) is 9.18. The van der Waals surface area contributed by atoms with Crippen LogP contribution in [0, 0.1) is 0 Å². The molecular formula is H10AlO12Si3-. The standard InChI is InChI=1S/Al.H6O10Si3.2H2O/c;1-11(2,3)9-13(7,8)10-12(4,5)6;;/h;1-2,4-5,7-8H;2*1H2/q+1;-2;;. The van der Waals surface area contributed by atoms with Crippen molar-refractivity contribution in [2.24, 2.45) is 0 Å². The van der Waals surface area contributed by atoms with Crippen LogP contribution in [0.3, 0.4) is 0 Å². The van der Waals surface area contributed by atoms with Gasteiger partial charge in [-0.05, 0) is 0 Å². The van der Waals surface area contributed by atoms with E-state index in [4.69, 9.17) is 28.8 Å². The minimum absolute atomic E-state index is 0. The van der Waals surface area contributed by atoms with Crippen molar-refractivity contribution >= 4 is 43.0 Å². The topological polar surface area (TPSA) is 221 Å². The van der Waals surface area contributed by atoms with Gasteiger partial charge in [0.05, 0.1) is 0 Å². The van der Waals surface area contributed by atoms with E-state index < -0.39 is 43.0 Å². The van der Waals surface area contributed by atoms with Gasteiger partial charge in [-0.2, -0.15) is 0 Å². The first-order chi connectivity index (χ1) is 6.12. The Kier molecular flexibility index (Phi) is 7.19. The van der Waals surface area contributed by atoms with Crippen molar-refractivity contribution in [3.63, 3.8) is 0 Å². The van der Waals surface area contributed by atoms with Crippen LogP contribution in [0.5, 0.6) is 0 Å². The lowest BCUT2D eigenvalue weighted by atomic mass is 15.5. The van der Waals surface area contributed by atoms with Gasteiger partial charge in [-0.1, -0.05) is 0 Å². The Balaban J connectivity index is 0. The number of hydrogen-bond donors (Lipinski definition) is 6. The monoisotopic (exact) mass is 313 g/mol. The number of hydrogen-bond acceptors (Lipinski definition) is 10. The highest BCUT2D eigenvalue weighted by Crippen LogP contribution is 2.14. The van der Waals surface area contributed by atoms with Gasteiger partial charge in [-0.3, -0.25) is 0 Å². The highest BCUT2D eigenvalue weighted by molar-refractivity contribution is 6.75. The molecule has 16 heavy (non-hydrogen) atoms. The fourth-order valence-electron chi connectivity index (χ4n) is 0.565. The van der Waals surface area contributed by atoms with E-state index in [1.54, 1.807) is 0 Å². The predicted molar refractivity (Wildman–Crippen MR) is 47.9 cm³/mol. The second kappa shape index (κ2) is 6.04. The van der Waals surface area contributed by atoms with E-state index in [2.05, 4.69) is 15.2 Å². The maximum absolute atomic E-state index is 8.88. The average Bonchev–Trinajstić information content (AvgIpc) is 1.75. The average molecular weight is 313 g/mol. The van der Waals surface area contributed by atoms with Crippen LogP contribution in [-0.2, 0) is 15.2 Å². The van der Waals surface area contributed by atoms with E-state index in [9.17, 15) is 0 Å². The Morgan fingerprint density at radius 3 is 1.25 bits per heavy atom. The fraction of sp³-hybridized carbons (Fsp3) is 0. The summed E-state index contributed by atoms with van der Waals surface area (Å²) in [6.07, 6.45) is 0. The fourth-order valence-corrected chi connectivity index (χ4v) is 6.76. The lowest BCUT2D eigenvalue weighted by Gasteiger charge is -2.38. The molecule has 98 valence electrons. The van der Waals surface area contributed by atoms with E-state index in [-0.39, 0.29) is 11.0 Å². The maximum atomic E-state index is 8.88. The molecule has 16 heteroatoms. The van der Waals surface area contributed by atoms with Gasteiger partial charge < -0.3 is 54.9 Å². The summed E-state index contributed by atoms with van der Waals surface area (Å²) in [6.45, 7) is 0. The first-order valence-corrected chi connectivity index (χ1v) is 9.11. The van der Waals surface area contributed by atoms with Gasteiger partial charge in [0.25, 0.3) is 0 Å². The second-order valence-electron chi connectivity index (χ2n) is 2.18. The van der Waals surface area contributed by atoms with E-state index >= 15 is 0 Å². The van der Waals surface area contributed by atoms with Gasteiger partial charge in [0.1, 0.15) is 15.9 Å². The molecule has 0 aromatic rings. The zero-order valence-corrected chi connectivity index (χ0v) is 11.5. The van der Waals surface area contributed by atoms with Gasteiger partial charge in [-0.25, -0.2) is 0 Å². The molecule has 0 amide bonds. The summed E-state index contributed by atoms with van der Waals surface area (Å²) in [6, 6.07) is 0. The van der Waals surface area contributed by atoms with Crippen LogP contribution in [0.2, 0.25) is 0 Å². The van der Waals surface area contributed by atoms with Crippen molar-refractivity contribution in [3.05, 3.63) is 0 Å². The smallest absolute Gasteiger partial charge is 0.660 e. The molecule has 1 aliphatic rings. The third-order valence-electron chi connectivity index (χ3n) is 0.935. The summed E-state index contributed by atoms with van der Waals surface area (Å²) in [5.74, 6) is 0. The molecule has 1 saturated heterocycles. The molecule has 0 spiro atoms. The van der Waals surface area contributed by atoms with Crippen LogP contribution in [0.15, 0.2) is 0 Å². The Hall–Kier alpha value is 0.703. The third kappa shape index (κ3) is 6.44. The predicted octanol–water partition coefficient (Wildman–Crippen LogP) is -6.79. The van der Waals surface area contributed by atoms with Crippen molar-refractivity contribution in [2.75, 3.05) is 0 Å². The zero-order chi connectivity index (χ0) is 11.0. The number of rotatable bonds is 0. The lowest BCUT2D eigenvalue weighted by Crippen LogP contribution is -2.65. The summed E-state index contributed by atoms with van der Waals surface area (Å²) >= 11 is -1.64. The van der Waals surface area contributed by atoms with E-state index in [1.165, 1.54) is 0 Å². The van der Waals surface area contributed by atoms with Gasteiger partial charge in [0.15, 0.2) is 0 Å². The van der Waals surface area contributed by atoms with E-state index in [0.717, 1.165) is 0 Å². The molecule has 0 unspecified atom stereocenters. The molecule has 1 aliphatic heterocycles. The van der Waals surface area contributed by atoms with Crippen molar-refractivity contribution < 1.29 is 54.9 Å². The lowest BCUT2D eigenvalue weighted by molar-refractivity contribution is -0.00231. The molecule has 0 atom stereocenters. The maximum Gasteiger partial charge on any atom is 0.662 e. The van der Waals surface area contributed by atoms with Gasteiger partial charge in [-0.15, -0.1) is 0 Å². The Bertz CT molecular complexity index is 192. The summed E-state index contributed by atoms with van der Waals surface area (Å²) in [5, 5.41) is 0. The molecule has 12 nitrogen and oxygen atoms in total. The summed E-state index contributed by atoms with van der Waals surface area (Å²) < 4.78 is 16.2. The summed E-state index contributed by atoms with van der Waals surface area (Å²) in [4.78, 5) is 53.2. The SMILES string of the molecule is O.O.O[Si]1(O)[O][Al-][O][Si](O)(O)O[Si](O)(O)O1. The summed E-state index contributed by atoms with van der Waals surface area (Å²) in [5.41, 5.74) is 0. The normalized spacial score (nSPS) is 26.6. The first kappa shape index (κ1) is 19.1. The molecule has 0 aliphatic carbocycles. The molecule has 1 rings (SSSR count). The van der Waals surface area contributed by atoms with Crippen LogP contribution in [-0.4, -0.2) is 82.8 Å². The minimum atomic E-state index is -5.06. The largest absolute Gasteiger partial charge is 0.662 e. The van der Waals surface area contributed by atoms with Crippen molar-refractivity contribution in [1.82, 2.24) is 0 Å². The molecule has 0 aromatic heterocycles. The Morgan fingerprint density at radius 2 is 0.938 bits per heavy atom. The first-order valence-electron chi connectivity index (χ1n) is 3.04. The summed E-state index contributed by atoms with van der Waals surface area (Å²) in [7, 11) is -14.5. The molecule has 1 heterocycles. The van der Waals surface area contributed by atoms with Gasteiger partial charge in [0.2, 0.25) is 0 Å². The third-order valence-corrected chi connectivity index (χ3v) is 8.42. The minimum Gasteiger partial charge on any atom is -0.660 e. The highest BCUT2D eigenvalue weighted by Gasteiger charge is 2.55. The van der Waals surface area contributed by atoms with Crippen LogP contribution in [0.4, 0.5) is 0 Å². The van der Waals surface area contributed by atoms with Crippen LogP contribution < -0.4 is 0 Å². The van der Waals surface area contributed by atoms with Gasteiger partial charge in [0, 0.05) is 0 Å². The van der Waals surface area contributed by atoms with Gasteiger partial charge >= 0.3 is 27.1 Å². The molecule has 0 aromatic carbocycles. The Morgan fingerprint density at radius 1 is 0.625 bits per heavy atom. The molecule has 1 fully saturated rings. The molecule has 10 N–H and O–H groups in total. The molecule has 0 bridgehead atoms. The molecule has 2 radical (unpaired) electrons. The highest BCUT2D eigenvalue weighted by atomic mass is 28.5. The van der Waals surface area contributed by atoms with Crippen molar-refractivity contribution in [1.29, 1.82) is 0 Å². The van der Waals surface area contributed by atoms with Crippen LogP contribution in [0.25, 0.3) is 0 Å². The van der Waals surface area contributed by atoms with Crippen molar-refractivity contribution in [3.8, 4) is 0 Å². The van der Waals surface area contributed by atoms with E-state index in [1.807, 2.05) is 0 Å². The van der Waals surface area contributed by atoms with E-state index in [0.29, 0.717) is 0 Å².